The summed E-state index contributed by atoms with van der Waals surface area (Å²) in [5.41, 5.74) is 1.67. The number of aldehydes is 1. The first-order valence-corrected chi connectivity index (χ1v) is 5.98. The number of carbonyl (C=O) groups excluding carboxylic acids is 2. The number of halogens is 1. The van der Waals surface area contributed by atoms with E-state index in [0.717, 1.165) is 12.0 Å². The zero-order valence-corrected chi connectivity index (χ0v) is 11.1. The van der Waals surface area contributed by atoms with E-state index in [-0.39, 0.29) is 5.91 Å². The number of benzene rings is 1. The predicted molar refractivity (Wildman–Crippen MR) is 70.0 cm³/mol. The third kappa shape index (κ3) is 2.33. The van der Waals surface area contributed by atoms with E-state index in [2.05, 4.69) is 26.3 Å². The van der Waals surface area contributed by atoms with Gasteiger partial charge in [-0.05, 0) is 40.2 Å². The standard InChI is InChI=1S/C12H10BrN3O2/c1-14-12(18)11-4-5-16(15-11)9-3-2-8(7-17)10(13)6-9/h2-7H,1H3,(H,14,18). The average molecular weight is 308 g/mol. The molecule has 0 saturated heterocycles. The number of amides is 1. The monoisotopic (exact) mass is 307 g/mol. The number of nitrogens with zero attached hydrogens (tertiary/aromatic N) is 2. The van der Waals surface area contributed by atoms with E-state index in [9.17, 15) is 9.59 Å². The van der Waals surface area contributed by atoms with Crippen LogP contribution in [-0.2, 0) is 0 Å². The maximum Gasteiger partial charge on any atom is 0.271 e. The summed E-state index contributed by atoms with van der Waals surface area (Å²) in [5.74, 6) is -0.239. The van der Waals surface area contributed by atoms with Crippen LogP contribution >= 0.6 is 15.9 Å². The van der Waals surface area contributed by atoms with Crippen LogP contribution in [0.1, 0.15) is 20.8 Å². The summed E-state index contributed by atoms with van der Waals surface area (Å²) >= 11 is 3.30. The van der Waals surface area contributed by atoms with E-state index in [4.69, 9.17) is 0 Å². The molecule has 0 bridgehead atoms. The fraction of sp³-hybridized carbons (Fsp3) is 0.0833. The topological polar surface area (TPSA) is 64.0 Å². The highest BCUT2D eigenvalue weighted by Gasteiger charge is 2.08. The largest absolute Gasteiger partial charge is 0.354 e. The summed E-state index contributed by atoms with van der Waals surface area (Å²) in [6.45, 7) is 0. The van der Waals surface area contributed by atoms with Gasteiger partial charge in [-0.1, -0.05) is 0 Å². The zero-order chi connectivity index (χ0) is 13.1. The normalized spacial score (nSPS) is 10.1. The van der Waals surface area contributed by atoms with Gasteiger partial charge in [-0.3, -0.25) is 9.59 Å². The Morgan fingerprint density at radius 2 is 2.22 bits per heavy atom. The van der Waals surface area contributed by atoms with Crippen molar-refractivity contribution in [1.29, 1.82) is 0 Å². The van der Waals surface area contributed by atoms with E-state index in [1.54, 1.807) is 42.2 Å². The molecule has 0 aliphatic heterocycles. The van der Waals surface area contributed by atoms with Crippen LogP contribution in [0.5, 0.6) is 0 Å². The van der Waals surface area contributed by atoms with Crippen LogP contribution in [0.4, 0.5) is 0 Å². The van der Waals surface area contributed by atoms with Gasteiger partial charge in [-0.25, -0.2) is 4.68 Å². The van der Waals surface area contributed by atoms with Crippen LogP contribution in [0.15, 0.2) is 34.9 Å². The molecule has 5 nitrogen and oxygen atoms in total. The number of carbonyl (C=O) groups is 2. The summed E-state index contributed by atoms with van der Waals surface area (Å²) < 4.78 is 2.26. The maximum absolute atomic E-state index is 11.4. The lowest BCUT2D eigenvalue weighted by molar-refractivity contribution is 0.0957. The molecule has 0 fully saturated rings. The van der Waals surface area contributed by atoms with Crippen LogP contribution in [0, 0.1) is 0 Å². The Labute approximate surface area is 112 Å². The molecule has 1 N–H and O–H groups in total. The number of hydrogen-bond acceptors (Lipinski definition) is 3. The first-order valence-electron chi connectivity index (χ1n) is 5.18. The van der Waals surface area contributed by atoms with Gasteiger partial charge in [0.15, 0.2) is 12.0 Å². The SMILES string of the molecule is CNC(=O)c1ccn(-c2ccc(C=O)c(Br)c2)n1. The lowest BCUT2D eigenvalue weighted by Crippen LogP contribution is -2.18. The molecule has 92 valence electrons. The Morgan fingerprint density at radius 1 is 1.44 bits per heavy atom. The van der Waals surface area contributed by atoms with Crippen molar-refractivity contribution in [1.82, 2.24) is 15.1 Å². The fourth-order valence-electron chi connectivity index (χ4n) is 1.47. The Morgan fingerprint density at radius 3 is 2.83 bits per heavy atom. The molecule has 0 aliphatic carbocycles. The second-order valence-corrected chi connectivity index (χ2v) is 4.40. The van der Waals surface area contributed by atoms with Crippen molar-refractivity contribution in [2.45, 2.75) is 0 Å². The summed E-state index contributed by atoms with van der Waals surface area (Å²) in [6, 6.07) is 6.84. The molecule has 2 aromatic rings. The molecule has 0 spiro atoms. The van der Waals surface area contributed by atoms with Gasteiger partial charge in [0.05, 0.1) is 5.69 Å². The molecule has 0 atom stereocenters. The molecule has 2 rings (SSSR count). The van der Waals surface area contributed by atoms with Gasteiger partial charge in [0, 0.05) is 23.3 Å². The number of rotatable bonds is 3. The molecule has 6 heteroatoms. The van der Waals surface area contributed by atoms with Gasteiger partial charge >= 0.3 is 0 Å². The van der Waals surface area contributed by atoms with Crippen LogP contribution in [0.25, 0.3) is 5.69 Å². The Hall–Kier alpha value is -1.95. The summed E-state index contributed by atoms with van der Waals surface area (Å²) in [5, 5.41) is 6.65. The van der Waals surface area contributed by atoms with Crippen molar-refractivity contribution in [2.24, 2.45) is 0 Å². The minimum atomic E-state index is -0.239. The van der Waals surface area contributed by atoms with Gasteiger partial charge in [-0.2, -0.15) is 5.10 Å². The zero-order valence-electron chi connectivity index (χ0n) is 9.55. The smallest absolute Gasteiger partial charge is 0.271 e. The second kappa shape index (κ2) is 5.14. The van der Waals surface area contributed by atoms with Gasteiger partial charge in [0.1, 0.15) is 0 Å². The van der Waals surface area contributed by atoms with E-state index < -0.39 is 0 Å². The molecule has 0 saturated carbocycles. The van der Waals surface area contributed by atoms with Crippen LogP contribution in [0.2, 0.25) is 0 Å². The van der Waals surface area contributed by atoms with Gasteiger partial charge in [-0.15, -0.1) is 0 Å². The van der Waals surface area contributed by atoms with E-state index in [1.165, 1.54) is 0 Å². The predicted octanol–water partition coefficient (Wildman–Crippen LogP) is 1.81. The van der Waals surface area contributed by atoms with Crippen LogP contribution in [0.3, 0.4) is 0 Å². The molecule has 1 heterocycles. The Bertz CT molecular complexity index is 607. The number of hydrogen-bond donors (Lipinski definition) is 1. The lowest BCUT2D eigenvalue weighted by Gasteiger charge is -2.03. The Balaban J connectivity index is 2.37. The van der Waals surface area contributed by atoms with Crippen molar-refractivity contribution in [3.05, 3.63) is 46.2 Å². The molecular formula is C12H10BrN3O2. The highest BCUT2D eigenvalue weighted by atomic mass is 79.9. The number of nitrogens with one attached hydrogen (secondary N) is 1. The fourth-order valence-corrected chi connectivity index (χ4v) is 1.93. The molecule has 1 aromatic heterocycles. The van der Waals surface area contributed by atoms with Gasteiger partial charge in [0.25, 0.3) is 5.91 Å². The van der Waals surface area contributed by atoms with Crippen LogP contribution in [-0.4, -0.2) is 29.0 Å². The lowest BCUT2D eigenvalue weighted by atomic mass is 10.2. The van der Waals surface area contributed by atoms with Crippen molar-refractivity contribution in [2.75, 3.05) is 7.05 Å². The minimum absolute atomic E-state index is 0.239. The molecule has 1 aromatic carbocycles. The Kier molecular flexibility index (Phi) is 3.57. The third-order valence-electron chi connectivity index (χ3n) is 2.42. The summed E-state index contributed by atoms with van der Waals surface area (Å²) in [7, 11) is 1.55. The first-order chi connectivity index (χ1) is 8.65. The van der Waals surface area contributed by atoms with Crippen molar-refractivity contribution < 1.29 is 9.59 Å². The maximum atomic E-state index is 11.4. The quantitative estimate of drug-likeness (QED) is 0.880. The average Bonchev–Trinajstić information content (AvgIpc) is 2.87. The molecule has 0 unspecified atom stereocenters. The molecule has 0 aliphatic rings. The molecular weight excluding hydrogens is 298 g/mol. The first kappa shape index (κ1) is 12.5. The molecule has 0 radical (unpaired) electrons. The number of aromatic nitrogens is 2. The molecule has 1 amide bonds. The van der Waals surface area contributed by atoms with Crippen molar-refractivity contribution in [3.8, 4) is 5.69 Å². The summed E-state index contributed by atoms with van der Waals surface area (Å²) in [4.78, 5) is 22.1. The van der Waals surface area contributed by atoms with Crippen molar-refractivity contribution in [3.63, 3.8) is 0 Å². The second-order valence-electron chi connectivity index (χ2n) is 3.55. The molecule has 18 heavy (non-hydrogen) atoms. The van der Waals surface area contributed by atoms with E-state index >= 15 is 0 Å². The van der Waals surface area contributed by atoms with E-state index in [0.29, 0.717) is 15.7 Å². The highest BCUT2D eigenvalue weighted by Crippen LogP contribution is 2.19. The minimum Gasteiger partial charge on any atom is -0.354 e. The van der Waals surface area contributed by atoms with E-state index in [1.807, 2.05) is 0 Å². The summed E-state index contributed by atoms with van der Waals surface area (Å²) in [6.07, 6.45) is 2.46. The van der Waals surface area contributed by atoms with Crippen LogP contribution < -0.4 is 5.32 Å². The van der Waals surface area contributed by atoms with Gasteiger partial charge in [0.2, 0.25) is 0 Å². The third-order valence-corrected chi connectivity index (χ3v) is 3.11. The van der Waals surface area contributed by atoms with Crippen molar-refractivity contribution >= 4 is 28.1 Å². The van der Waals surface area contributed by atoms with Gasteiger partial charge < -0.3 is 5.32 Å². The highest BCUT2D eigenvalue weighted by molar-refractivity contribution is 9.10.